The van der Waals surface area contributed by atoms with E-state index < -0.39 is 18.2 Å². The van der Waals surface area contributed by atoms with E-state index in [1.165, 1.54) is 12.1 Å². The van der Waals surface area contributed by atoms with E-state index in [1.54, 1.807) is 0 Å². The van der Waals surface area contributed by atoms with Gasteiger partial charge in [0, 0.05) is 0 Å². The van der Waals surface area contributed by atoms with Gasteiger partial charge in [0.15, 0.2) is 0 Å². The second-order valence-corrected chi connectivity index (χ2v) is 2.59. The predicted octanol–water partition coefficient (Wildman–Crippen LogP) is -1.36. The van der Waals surface area contributed by atoms with Crippen LogP contribution in [-0.4, -0.2) is 28.3 Å². The number of rotatable bonds is 3. The molecule has 0 bridgehead atoms. The molecule has 0 fully saturated rings. The molecule has 1 amide bonds. The van der Waals surface area contributed by atoms with Crippen LogP contribution < -0.4 is 16.8 Å². The SMILES string of the molecule is NC(N)NC(=O)c1ccc(C(=O)O)[nH]1. The zero-order valence-corrected chi connectivity index (χ0v) is 7.15. The molecule has 0 aliphatic carbocycles. The van der Waals surface area contributed by atoms with Gasteiger partial charge >= 0.3 is 5.97 Å². The summed E-state index contributed by atoms with van der Waals surface area (Å²) in [6.07, 6.45) is -0.973. The summed E-state index contributed by atoms with van der Waals surface area (Å²) < 4.78 is 0. The van der Waals surface area contributed by atoms with Crippen LogP contribution in [0.1, 0.15) is 21.0 Å². The van der Waals surface area contributed by atoms with Gasteiger partial charge in [-0.25, -0.2) is 4.79 Å². The van der Waals surface area contributed by atoms with Crippen molar-refractivity contribution in [2.45, 2.75) is 6.29 Å². The molecule has 1 heterocycles. The van der Waals surface area contributed by atoms with Crippen molar-refractivity contribution in [3.8, 4) is 0 Å². The third-order valence-corrected chi connectivity index (χ3v) is 1.46. The average Bonchev–Trinajstić information content (AvgIpc) is 2.50. The first-order valence-corrected chi connectivity index (χ1v) is 3.75. The van der Waals surface area contributed by atoms with Gasteiger partial charge in [-0.2, -0.15) is 0 Å². The molecule has 1 aromatic heterocycles. The summed E-state index contributed by atoms with van der Waals surface area (Å²) in [5, 5.41) is 10.8. The lowest BCUT2D eigenvalue weighted by Gasteiger charge is -2.06. The molecule has 76 valence electrons. The van der Waals surface area contributed by atoms with Gasteiger partial charge in [-0.15, -0.1) is 0 Å². The van der Waals surface area contributed by atoms with Crippen molar-refractivity contribution in [2.75, 3.05) is 0 Å². The highest BCUT2D eigenvalue weighted by molar-refractivity contribution is 5.95. The molecule has 0 atom stereocenters. The zero-order chi connectivity index (χ0) is 10.7. The van der Waals surface area contributed by atoms with Gasteiger partial charge in [-0.3, -0.25) is 16.3 Å². The largest absolute Gasteiger partial charge is 0.477 e. The van der Waals surface area contributed by atoms with E-state index in [1.807, 2.05) is 0 Å². The summed E-state index contributed by atoms with van der Waals surface area (Å²) >= 11 is 0. The van der Waals surface area contributed by atoms with Crippen LogP contribution >= 0.6 is 0 Å². The summed E-state index contributed by atoms with van der Waals surface area (Å²) in [5.41, 5.74) is 10.3. The zero-order valence-electron chi connectivity index (χ0n) is 7.15. The number of nitrogens with two attached hydrogens (primary N) is 2. The van der Waals surface area contributed by atoms with Crippen LogP contribution in [0.5, 0.6) is 0 Å². The number of aromatic amines is 1. The third-order valence-electron chi connectivity index (χ3n) is 1.46. The normalized spacial score (nSPS) is 10.2. The van der Waals surface area contributed by atoms with Crippen molar-refractivity contribution in [3.63, 3.8) is 0 Å². The molecule has 0 saturated heterocycles. The van der Waals surface area contributed by atoms with Crippen molar-refractivity contribution in [1.82, 2.24) is 10.3 Å². The Bertz CT molecular complexity index is 358. The molecular weight excluding hydrogens is 188 g/mol. The molecule has 0 aromatic carbocycles. The average molecular weight is 198 g/mol. The van der Waals surface area contributed by atoms with Crippen molar-refractivity contribution >= 4 is 11.9 Å². The van der Waals surface area contributed by atoms with Gasteiger partial charge in [-0.05, 0) is 12.1 Å². The predicted molar refractivity (Wildman–Crippen MR) is 47.4 cm³/mol. The highest BCUT2D eigenvalue weighted by atomic mass is 16.4. The number of aromatic carboxylic acids is 1. The molecule has 0 aliphatic rings. The summed E-state index contributed by atoms with van der Waals surface area (Å²) in [5.74, 6) is -1.69. The fourth-order valence-electron chi connectivity index (χ4n) is 0.881. The Labute approximate surface area is 79.1 Å². The first kappa shape index (κ1) is 10.2. The van der Waals surface area contributed by atoms with E-state index in [9.17, 15) is 9.59 Å². The Hall–Kier alpha value is -1.86. The maximum absolute atomic E-state index is 11.2. The molecular formula is C7H10N4O3. The molecule has 0 saturated carbocycles. The summed E-state index contributed by atoms with van der Waals surface area (Å²) in [4.78, 5) is 24.0. The Morgan fingerprint density at radius 2 is 1.93 bits per heavy atom. The maximum Gasteiger partial charge on any atom is 0.352 e. The van der Waals surface area contributed by atoms with Crippen LogP contribution in [0.2, 0.25) is 0 Å². The highest BCUT2D eigenvalue weighted by Crippen LogP contribution is 2.01. The maximum atomic E-state index is 11.2. The number of carbonyl (C=O) groups is 2. The molecule has 0 aliphatic heterocycles. The quantitative estimate of drug-likeness (QED) is 0.382. The van der Waals surface area contributed by atoms with Crippen molar-refractivity contribution < 1.29 is 14.7 Å². The number of hydrogen-bond acceptors (Lipinski definition) is 4. The second kappa shape index (κ2) is 3.90. The van der Waals surface area contributed by atoms with Crippen LogP contribution in [0.4, 0.5) is 0 Å². The smallest absolute Gasteiger partial charge is 0.352 e. The van der Waals surface area contributed by atoms with Gasteiger partial charge in [0.25, 0.3) is 5.91 Å². The standard InChI is InChI=1S/C7H10N4O3/c8-7(9)11-5(12)3-1-2-4(10-3)6(13)14/h1-2,7,10H,8-9H2,(H,11,12)(H,13,14). The van der Waals surface area contributed by atoms with E-state index in [4.69, 9.17) is 16.6 Å². The lowest BCUT2D eigenvalue weighted by molar-refractivity contribution is 0.0691. The van der Waals surface area contributed by atoms with Gasteiger partial charge in [-0.1, -0.05) is 0 Å². The molecule has 0 unspecified atom stereocenters. The number of hydrogen-bond donors (Lipinski definition) is 5. The highest BCUT2D eigenvalue weighted by Gasteiger charge is 2.12. The lowest BCUT2D eigenvalue weighted by Crippen LogP contribution is -2.48. The van der Waals surface area contributed by atoms with Crippen molar-refractivity contribution in [1.29, 1.82) is 0 Å². The van der Waals surface area contributed by atoms with Crippen LogP contribution in [-0.2, 0) is 0 Å². The fraction of sp³-hybridized carbons (Fsp3) is 0.143. The third kappa shape index (κ3) is 2.31. The minimum Gasteiger partial charge on any atom is -0.477 e. The number of carbonyl (C=O) groups excluding carboxylic acids is 1. The molecule has 7 heteroatoms. The second-order valence-electron chi connectivity index (χ2n) is 2.59. The van der Waals surface area contributed by atoms with Gasteiger partial charge in [0.1, 0.15) is 17.7 Å². The molecule has 7 N–H and O–H groups in total. The van der Waals surface area contributed by atoms with Crippen LogP contribution in [0.3, 0.4) is 0 Å². The Morgan fingerprint density at radius 3 is 2.36 bits per heavy atom. The Balaban J connectivity index is 2.76. The summed E-state index contributed by atoms with van der Waals surface area (Å²) in [6.45, 7) is 0. The van der Waals surface area contributed by atoms with Crippen molar-refractivity contribution in [2.24, 2.45) is 11.5 Å². The van der Waals surface area contributed by atoms with E-state index in [-0.39, 0.29) is 11.4 Å². The van der Waals surface area contributed by atoms with Crippen LogP contribution in [0.15, 0.2) is 12.1 Å². The van der Waals surface area contributed by atoms with Gasteiger partial charge in [0.2, 0.25) is 0 Å². The van der Waals surface area contributed by atoms with Crippen LogP contribution in [0, 0.1) is 0 Å². The lowest BCUT2D eigenvalue weighted by atomic mass is 10.4. The molecule has 7 nitrogen and oxygen atoms in total. The van der Waals surface area contributed by atoms with Gasteiger partial charge in [0.05, 0.1) is 0 Å². The van der Waals surface area contributed by atoms with E-state index in [2.05, 4.69) is 10.3 Å². The van der Waals surface area contributed by atoms with E-state index >= 15 is 0 Å². The number of nitrogens with one attached hydrogen (secondary N) is 2. The van der Waals surface area contributed by atoms with Crippen LogP contribution in [0.25, 0.3) is 0 Å². The van der Waals surface area contributed by atoms with E-state index in [0.29, 0.717) is 0 Å². The molecule has 14 heavy (non-hydrogen) atoms. The van der Waals surface area contributed by atoms with Crippen molar-refractivity contribution in [3.05, 3.63) is 23.5 Å². The molecule has 0 spiro atoms. The minimum absolute atomic E-state index is 0.0688. The first-order valence-electron chi connectivity index (χ1n) is 3.75. The fourth-order valence-corrected chi connectivity index (χ4v) is 0.881. The summed E-state index contributed by atoms with van der Waals surface area (Å²) in [6, 6.07) is 2.61. The molecule has 0 radical (unpaired) electrons. The number of amides is 1. The topological polar surface area (TPSA) is 134 Å². The number of H-pyrrole nitrogens is 1. The Kier molecular flexibility index (Phi) is 2.85. The first-order chi connectivity index (χ1) is 6.50. The van der Waals surface area contributed by atoms with Gasteiger partial charge < -0.3 is 15.4 Å². The number of aromatic nitrogens is 1. The van der Waals surface area contributed by atoms with E-state index in [0.717, 1.165) is 0 Å². The monoisotopic (exact) mass is 198 g/mol. The molecule has 1 aromatic rings. The molecule has 1 rings (SSSR count). The Morgan fingerprint density at radius 1 is 1.36 bits per heavy atom. The summed E-state index contributed by atoms with van der Waals surface area (Å²) in [7, 11) is 0. The number of carboxylic acid groups (broad SMARTS) is 1. The number of carboxylic acids is 1. The minimum atomic E-state index is -1.14.